The van der Waals surface area contributed by atoms with Crippen LogP contribution in [0.3, 0.4) is 0 Å². The van der Waals surface area contributed by atoms with E-state index in [1.54, 1.807) is 5.57 Å². The summed E-state index contributed by atoms with van der Waals surface area (Å²) in [5, 5.41) is 0. The molecule has 0 unspecified atom stereocenters. The van der Waals surface area contributed by atoms with Gasteiger partial charge in [-0.2, -0.15) is 0 Å². The van der Waals surface area contributed by atoms with Crippen LogP contribution in [0.4, 0.5) is 0 Å². The molecule has 0 aromatic heterocycles. The van der Waals surface area contributed by atoms with Gasteiger partial charge in [-0.25, -0.2) is 0 Å². The first-order valence-electron chi connectivity index (χ1n) is 5.66. The first-order chi connectivity index (χ1) is 7.02. The predicted molar refractivity (Wildman–Crippen MR) is 65.4 cm³/mol. The lowest BCUT2D eigenvalue weighted by molar-refractivity contribution is 1.09. The Hall–Kier alpha value is -1.04. The van der Waals surface area contributed by atoms with E-state index in [4.69, 9.17) is 0 Å². The fraction of sp³-hybridized carbons (Fsp3) is 0.467. The van der Waals surface area contributed by atoms with Crippen molar-refractivity contribution in [3.05, 3.63) is 45.1 Å². The van der Waals surface area contributed by atoms with Crippen molar-refractivity contribution in [2.45, 2.75) is 47.5 Å². The van der Waals surface area contributed by atoms with E-state index in [2.05, 4.69) is 40.7 Å². The standard InChI is InChI=1S/C15H19/c1-9-6-7-14(12(9)4)15-8-10(2)11(3)13(15)5/h7-8H2,1-5H3. The number of allylic oxidation sites excluding steroid dienone is 8. The molecule has 0 nitrogen and oxygen atoms in total. The van der Waals surface area contributed by atoms with Crippen LogP contribution in [0, 0.1) is 6.08 Å². The molecule has 0 aliphatic heterocycles. The van der Waals surface area contributed by atoms with Gasteiger partial charge in [0.25, 0.3) is 0 Å². The van der Waals surface area contributed by atoms with Gasteiger partial charge in [0.1, 0.15) is 0 Å². The maximum absolute atomic E-state index is 3.44. The zero-order valence-corrected chi connectivity index (χ0v) is 10.4. The first-order valence-corrected chi connectivity index (χ1v) is 5.66. The predicted octanol–water partition coefficient (Wildman–Crippen LogP) is 4.51. The highest BCUT2D eigenvalue weighted by molar-refractivity contribution is 5.57. The molecule has 0 saturated heterocycles. The van der Waals surface area contributed by atoms with Crippen LogP contribution in [0.5, 0.6) is 0 Å². The minimum absolute atomic E-state index is 1.02. The summed E-state index contributed by atoms with van der Waals surface area (Å²) in [6.07, 6.45) is 5.61. The molecule has 0 aromatic carbocycles. The number of hydrogen-bond acceptors (Lipinski definition) is 0. The van der Waals surface area contributed by atoms with Gasteiger partial charge in [-0.3, -0.25) is 0 Å². The van der Waals surface area contributed by atoms with E-state index < -0.39 is 0 Å². The lowest BCUT2D eigenvalue weighted by Gasteiger charge is -2.09. The summed E-state index contributed by atoms with van der Waals surface area (Å²) in [6, 6.07) is 0. The molecule has 0 atom stereocenters. The normalized spacial score (nSPS) is 22.1. The molecule has 0 heterocycles. The zero-order chi connectivity index (χ0) is 11.2. The van der Waals surface area contributed by atoms with Gasteiger partial charge >= 0.3 is 0 Å². The molecule has 0 bridgehead atoms. The monoisotopic (exact) mass is 199 g/mol. The lowest BCUT2D eigenvalue weighted by Crippen LogP contribution is -1.90. The van der Waals surface area contributed by atoms with Crippen molar-refractivity contribution in [2.75, 3.05) is 0 Å². The summed E-state index contributed by atoms with van der Waals surface area (Å²) >= 11 is 0. The molecule has 0 amide bonds. The van der Waals surface area contributed by atoms with Crippen LogP contribution < -0.4 is 0 Å². The smallest absolute Gasteiger partial charge is 0.00144 e. The third-order valence-electron chi connectivity index (χ3n) is 4.01. The maximum Gasteiger partial charge on any atom is -0.00144 e. The van der Waals surface area contributed by atoms with Crippen LogP contribution in [-0.4, -0.2) is 0 Å². The van der Waals surface area contributed by atoms with Crippen molar-refractivity contribution >= 4 is 0 Å². The van der Waals surface area contributed by atoms with Crippen molar-refractivity contribution in [3.63, 3.8) is 0 Å². The Balaban J connectivity index is 2.39. The van der Waals surface area contributed by atoms with Crippen molar-refractivity contribution in [1.82, 2.24) is 0 Å². The molecule has 2 aliphatic carbocycles. The van der Waals surface area contributed by atoms with Crippen LogP contribution in [0.2, 0.25) is 0 Å². The van der Waals surface area contributed by atoms with Crippen LogP contribution >= 0.6 is 0 Å². The average Bonchev–Trinajstić information content (AvgIpc) is 2.64. The summed E-state index contributed by atoms with van der Waals surface area (Å²) in [6.45, 7) is 11.1. The van der Waals surface area contributed by atoms with Gasteiger partial charge in [0.15, 0.2) is 0 Å². The molecular weight excluding hydrogens is 180 g/mol. The fourth-order valence-electron chi connectivity index (χ4n) is 2.46. The molecule has 15 heavy (non-hydrogen) atoms. The summed E-state index contributed by atoms with van der Waals surface area (Å²) < 4.78 is 0. The average molecular weight is 199 g/mol. The third-order valence-corrected chi connectivity index (χ3v) is 4.01. The molecular formula is C15H19. The van der Waals surface area contributed by atoms with Crippen molar-refractivity contribution in [1.29, 1.82) is 0 Å². The van der Waals surface area contributed by atoms with Gasteiger partial charge in [0.2, 0.25) is 0 Å². The quantitative estimate of drug-likeness (QED) is 0.582. The Labute approximate surface area is 93.1 Å². The molecule has 79 valence electrons. The molecule has 2 aliphatic rings. The summed E-state index contributed by atoms with van der Waals surface area (Å²) in [5.41, 5.74) is 10.4. The molecule has 0 N–H and O–H groups in total. The second-order valence-corrected chi connectivity index (χ2v) is 4.77. The Bertz CT molecular complexity index is 437. The number of hydrogen-bond donors (Lipinski definition) is 0. The van der Waals surface area contributed by atoms with Gasteiger partial charge < -0.3 is 0 Å². The van der Waals surface area contributed by atoms with Gasteiger partial charge in [-0.05, 0) is 87.0 Å². The molecule has 0 spiro atoms. The zero-order valence-electron chi connectivity index (χ0n) is 10.4. The molecule has 0 fully saturated rings. The third kappa shape index (κ3) is 1.52. The highest BCUT2D eigenvalue weighted by atomic mass is 14.3. The van der Waals surface area contributed by atoms with Crippen LogP contribution in [0.1, 0.15) is 47.5 Å². The summed E-state index contributed by atoms with van der Waals surface area (Å²) in [7, 11) is 0. The molecule has 0 aromatic rings. The molecule has 2 rings (SSSR count). The van der Waals surface area contributed by atoms with Crippen LogP contribution in [0.15, 0.2) is 39.0 Å². The highest BCUT2D eigenvalue weighted by Gasteiger charge is 2.22. The van der Waals surface area contributed by atoms with Gasteiger partial charge in [0, 0.05) is 0 Å². The Morgan fingerprint density at radius 2 is 1.47 bits per heavy atom. The van der Waals surface area contributed by atoms with Crippen molar-refractivity contribution in [2.24, 2.45) is 0 Å². The van der Waals surface area contributed by atoms with Crippen LogP contribution in [0.25, 0.3) is 0 Å². The SMILES string of the molecule is CC1=[C]CC(C2=C(C)C(C)=C(C)C2)=C1C. The highest BCUT2D eigenvalue weighted by Crippen LogP contribution is 2.40. The van der Waals surface area contributed by atoms with Gasteiger partial charge in [-0.1, -0.05) is 5.57 Å². The van der Waals surface area contributed by atoms with E-state index in [-0.39, 0.29) is 0 Å². The Kier molecular flexibility index (Phi) is 2.46. The largest absolute Gasteiger partial charge is 0.0657 e. The topological polar surface area (TPSA) is 0 Å². The molecule has 1 radical (unpaired) electrons. The van der Waals surface area contributed by atoms with Crippen molar-refractivity contribution < 1.29 is 0 Å². The first kappa shape index (κ1) is 10.5. The van der Waals surface area contributed by atoms with E-state index in [9.17, 15) is 0 Å². The number of rotatable bonds is 1. The van der Waals surface area contributed by atoms with E-state index in [1.165, 1.54) is 33.4 Å². The van der Waals surface area contributed by atoms with Crippen LogP contribution in [-0.2, 0) is 0 Å². The minimum Gasteiger partial charge on any atom is -0.0657 e. The van der Waals surface area contributed by atoms with Gasteiger partial charge in [-0.15, -0.1) is 0 Å². The van der Waals surface area contributed by atoms with Crippen molar-refractivity contribution in [3.8, 4) is 0 Å². The molecule has 0 heteroatoms. The van der Waals surface area contributed by atoms with E-state index in [0.29, 0.717) is 0 Å². The van der Waals surface area contributed by atoms with E-state index >= 15 is 0 Å². The van der Waals surface area contributed by atoms with Gasteiger partial charge in [0.05, 0.1) is 0 Å². The summed E-state index contributed by atoms with van der Waals surface area (Å²) in [5.74, 6) is 0. The van der Waals surface area contributed by atoms with E-state index in [0.717, 1.165) is 12.8 Å². The second kappa shape index (κ2) is 3.52. The summed E-state index contributed by atoms with van der Waals surface area (Å²) in [4.78, 5) is 0. The maximum atomic E-state index is 3.44. The lowest BCUT2D eigenvalue weighted by atomic mass is 9.96. The minimum atomic E-state index is 1.02. The Morgan fingerprint density at radius 1 is 0.800 bits per heavy atom. The second-order valence-electron chi connectivity index (χ2n) is 4.77. The fourth-order valence-corrected chi connectivity index (χ4v) is 2.46. The molecule has 0 saturated carbocycles. The Morgan fingerprint density at radius 3 is 1.87 bits per heavy atom. The van der Waals surface area contributed by atoms with E-state index in [1.807, 2.05) is 0 Å².